The van der Waals surface area contributed by atoms with Gasteiger partial charge in [0.25, 0.3) is 5.91 Å². The molecule has 0 spiro atoms. The molecule has 1 aromatic heterocycles. The summed E-state index contributed by atoms with van der Waals surface area (Å²) in [6.45, 7) is 7.72. The summed E-state index contributed by atoms with van der Waals surface area (Å²) in [6, 6.07) is 3.41. The fourth-order valence-electron chi connectivity index (χ4n) is 1.60. The zero-order valence-corrected chi connectivity index (χ0v) is 12.7. The van der Waals surface area contributed by atoms with Crippen LogP contribution < -0.4 is 0 Å². The molecular weight excluding hydrogens is 264 g/mol. The molecule has 0 atom stereocenters. The van der Waals surface area contributed by atoms with E-state index in [4.69, 9.17) is 16.3 Å². The molecule has 0 aliphatic heterocycles. The minimum absolute atomic E-state index is 0.0640. The minimum atomic E-state index is -0.0640. The van der Waals surface area contributed by atoms with Crippen LogP contribution in [0.25, 0.3) is 0 Å². The minimum Gasteiger partial charge on any atom is -0.380 e. The summed E-state index contributed by atoms with van der Waals surface area (Å²) in [5, 5.41) is 0.354. The number of hydrogen-bond donors (Lipinski definition) is 0. The summed E-state index contributed by atoms with van der Waals surface area (Å²) in [7, 11) is 1.75. The van der Waals surface area contributed by atoms with E-state index in [1.165, 1.54) is 0 Å². The van der Waals surface area contributed by atoms with Gasteiger partial charge in [-0.05, 0) is 25.0 Å². The Bertz CT molecular complexity index is 435. The molecule has 1 aromatic rings. The van der Waals surface area contributed by atoms with E-state index in [1.807, 2.05) is 20.8 Å². The molecule has 0 radical (unpaired) electrons. The lowest BCUT2D eigenvalue weighted by molar-refractivity contribution is 0.0709. The quantitative estimate of drug-likeness (QED) is 0.596. The standard InChI is InChI=1S/C14H21ClN2O2/c1-5-19-7-6-17(4)14(18)11-8-12(10(2)3)16-13(15)9-11/h8-10H,5-7H2,1-4H3. The van der Waals surface area contributed by atoms with Gasteiger partial charge in [-0.2, -0.15) is 0 Å². The molecule has 0 N–H and O–H groups in total. The third-order valence-corrected chi connectivity index (χ3v) is 2.97. The lowest BCUT2D eigenvalue weighted by Gasteiger charge is -2.18. The number of likely N-dealkylation sites (N-methyl/N-ethyl adjacent to an activating group) is 1. The average Bonchev–Trinajstić information content (AvgIpc) is 2.37. The number of ether oxygens (including phenoxy) is 1. The van der Waals surface area contributed by atoms with Crippen LogP contribution in [0.15, 0.2) is 12.1 Å². The molecule has 1 amide bonds. The molecule has 0 aliphatic carbocycles. The number of pyridine rings is 1. The Kier molecular flexibility index (Phi) is 6.25. The zero-order valence-electron chi connectivity index (χ0n) is 11.9. The van der Waals surface area contributed by atoms with Gasteiger partial charge >= 0.3 is 0 Å². The Hall–Kier alpha value is -1.13. The Labute approximate surface area is 119 Å². The Morgan fingerprint density at radius 2 is 2.16 bits per heavy atom. The van der Waals surface area contributed by atoms with Gasteiger partial charge in [0.15, 0.2) is 0 Å². The number of aromatic nitrogens is 1. The van der Waals surface area contributed by atoms with Crippen molar-refractivity contribution in [2.24, 2.45) is 0 Å². The van der Waals surface area contributed by atoms with E-state index >= 15 is 0 Å². The van der Waals surface area contributed by atoms with E-state index in [2.05, 4.69) is 4.98 Å². The van der Waals surface area contributed by atoms with Gasteiger partial charge in [0.05, 0.1) is 6.61 Å². The molecule has 0 bridgehead atoms. The first kappa shape index (κ1) is 15.9. The van der Waals surface area contributed by atoms with E-state index in [0.717, 1.165) is 5.69 Å². The van der Waals surface area contributed by atoms with Crippen LogP contribution >= 0.6 is 11.6 Å². The molecule has 0 saturated heterocycles. The highest BCUT2D eigenvalue weighted by Crippen LogP contribution is 2.18. The van der Waals surface area contributed by atoms with Gasteiger partial charge in [0, 0.05) is 31.5 Å². The Morgan fingerprint density at radius 3 is 2.74 bits per heavy atom. The third-order valence-electron chi connectivity index (χ3n) is 2.77. The molecule has 0 unspecified atom stereocenters. The van der Waals surface area contributed by atoms with Crippen LogP contribution in [0, 0.1) is 0 Å². The number of hydrogen-bond acceptors (Lipinski definition) is 3. The SMILES string of the molecule is CCOCCN(C)C(=O)c1cc(Cl)nc(C(C)C)c1. The molecule has 106 valence electrons. The zero-order chi connectivity index (χ0) is 14.4. The Morgan fingerprint density at radius 1 is 1.47 bits per heavy atom. The van der Waals surface area contributed by atoms with Gasteiger partial charge in [-0.1, -0.05) is 25.4 Å². The van der Waals surface area contributed by atoms with Gasteiger partial charge in [-0.3, -0.25) is 4.79 Å². The second-order valence-electron chi connectivity index (χ2n) is 4.68. The smallest absolute Gasteiger partial charge is 0.253 e. The highest BCUT2D eigenvalue weighted by Gasteiger charge is 2.14. The van der Waals surface area contributed by atoms with Gasteiger partial charge in [-0.15, -0.1) is 0 Å². The molecule has 5 heteroatoms. The first-order valence-electron chi connectivity index (χ1n) is 6.46. The predicted octanol–water partition coefficient (Wildman–Crippen LogP) is 2.97. The van der Waals surface area contributed by atoms with Crippen molar-refractivity contribution in [3.05, 3.63) is 28.5 Å². The molecule has 0 aromatic carbocycles. The normalized spacial score (nSPS) is 10.8. The van der Waals surface area contributed by atoms with Crippen LogP contribution in [-0.2, 0) is 4.74 Å². The monoisotopic (exact) mass is 284 g/mol. The van der Waals surface area contributed by atoms with Crippen LogP contribution in [0.5, 0.6) is 0 Å². The van der Waals surface area contributed by atoms with Crippen molar-refractivity contribution in [2.45, 2.75) is 26.7 Å². The van der Waals surface area contributed by atoms with Crippen molar-refractivity contribution in [1.82, 2.24) is 9.88 Å². The fraction of sp³-hybridized carbons (Fsp3) is 0.571. The van der Waals surface area contributed by atoms with E-state index < -0.39 is 0 Å². The summed E-state index contributed by atoms with van der Waals surface area (Å²) in [4.78, 5) is 18.1. The van der Waals surface area contributed by atoms with Gasteiger partial charge < -0.3 is 9.64 Å². The fourth-order valence-corrected chi connectivity index (χ4v) is 1.82. The third kappa shape index (κ3) is 4.80. The average molecular weight is 285 g/mol. The second kappa shape index (κ2) is 7.46. The number of carbonyl (C=O) groups excluding carboxylic acids is 1. The molecule has 0 saturated carbocycles. The van der Waals surface area contributed by atoms with Crippen LogP contribution in [0.1, 0.15) is 42.7 Å². The molecule has 0 fully saturated rings. The number of amides is 1. The highest BCUT2D eigenvalue weighted by molar-refractivity contribution is 6.29. The molecule has 19 heavy (non-hydrogen) atoms. The van der Waals surface area contributed by atoms with E-state index in [1.54, 1.807) is 24.1 Å². The lowest BCUT2D eigenvalue weighted by Crippen LogP contribution is -2.30. The largest absolute Gasteiger partial charge is 0.380 e. The van der Waals surface area contributed by atoms with Crippen LogP contribution in [-0.4, -0.2) is 42.6 Å². The van der Waals surface area contributed by atoms with Gasteiger partial charge in [0.1, 0.15) is 5.15 Å². The van der Waals surface area contributed by atoms with Crippen molar-refractivity contribution >= 4 is 17.5 Å². The number of carbonyl (C=O) groups is 1. The van der Waals surface area contributed by atoms with Crippen molar-refractivity contribution < 1.29 is 9.53 Å². The van der Waals surface area contributed by atoms with E-state index in [9.17, 15) is 4.79 Å². The maximum absolute atomic E-state index is 12.2. The first-order valence-corrected chi connectivity index (χ1v) is 6.84. The van der Waals surface area contributed by atoms with Crippen molar-refractivity contribution in [2.75, 3.05) is 26.8 Å². The summed E-state index contributed by atoms with van der Waals surface area (Å²) in [5.74, 6) is 0.171. The topological polar surface area (TPSA) is 42.4 Å². The first-order chi connectivity index (χ1) is 8.95. The summed E-state index contributed by atoms with van der Waals surface area (Å²) in [5.41, 5.74) is 1.40. The van der Waals surface area contributed by atoms with Crippen LogP contribution in [0.2, 0.25) is 5.15 Å². The second-order valence-corrected chi connectivity index (χ2v) is 5.07. The number of rotatable bonds is 6. The van der Waals surface area contributed by atoms with Crippen molar-refractivity contribution in [1.29, 1.82) is 0 Å². The predicted molar refractivity (Wildman–Crippen MR) is 76.8 cm³/mol. The maximum atomic E-state index is 12.2. The van der Waals surface area contributed by atoms with Crippen LogP contribution in [0.3, 0.4) is 0 Å². The van der Waals surface area contributed by atoms with E-state index in [0.29, 0.717) is 30.5 Å². The van der Waals surface area contributed by atoms with Gasteiger partial charge in [0.2, 0.25) is 0 Å². The van der Waals surface area contributed by atoms with E-state index in [-0.39, 0.29) is 11.8 Å². The maximum Gasteiger partial charge on any atom is 0.253 e. The Balaban J connectivity index is 2.81. The molecule has 4 nitrogen and oxygen atoms in total. The van der Waals surface area contributed by atoms with Crippen molar-refractivity contribution in [3.8, 4) is 0 Å². The van der Waals surface area contributed by atoms with Crippen molar-refractivity contribution in [3.63, 3.8) is 0 Å². The summed E-state index contributed by atoms with van der Waals surface area (Å²) in [6.07, 6.45) is 0. The summed E-state index contributed by atoms with van der Waals surface area (Å²) >= 11 is 5.96. The molecule has 1 heterocycles. The van der Waals surface area contributed by atoms with Gasteiger partial charge in [-0.25, -0.2) is 4.98 Å². The lowest BCUT2D eigenvalue weighted by atomic mass is 10.1. The molecular formula is C14H21ClN2O2. The highest BCUT2D eigenvalue weighted by atomic mass is 35.5. The number of nitrogens with zero attached hydrogens (tertiary/aromatic N) is 2. The number of halogens is 1. The molecule has 0 aliphatic rings. The molecule has 1 rings (SSSR count). The van der Waals surface area contributed by atoms with Crippen LogP contribution in [0.4, 0.5) is 0 Å². The summed E-state index contributed by atoms with van der Waals surface area (Å²) < 4.78 is 5.24.